The molecular formula is C137H226. The van der Waals surface area contributed by atoms with Crippen molar-refractivity contribution in [3.63, 3.8) is 0 Å². The van der Waals surface area contributed by atoms with Gasteiger partial charge in [0.05, 0.1) is 0 Å². The Labute approximate surface area is 849 Å². The van der Waals surface area contributed by atoms with E-state index in [1.54, 1.807) is 270 Å². The largest absolute Gasteiger partial charge is 0.0622 e. The molecule has 48 aliphatic carbocycles. The van der Waals surface area contributed by atoms with Gasteiger partial charge in [0.25, 0.3) is 0 Å². The summed E-state index contributed by atoms with van der Waals surface area (Å²) in [5.41, 5.74) is 11.2. The molecule has 0 radical (unpaired) electrons. The minimum Gasteiger partial charge on any atom is -0.0622 e. The van der Waals surface area contributed by atoms with Gasteiger partial charge < -0.3 is 0 Å². The summed E-state index contributed by atoms with van der Waals surface area (Å²) >= 11 is 0. The maximum absolute atomic E-state index is 2.61. The predicted octanol–water partition coefficient (Wildman–Crippen LogP) is 40.0. The molecule has 0 aromatic heterocycles. The SMILES string of the molecule is CC12CC3(C)CC(C)(C1)CC(C)(C2)C3.CC12CC3C4CC5CC3C(C1)C(C5)C4C2.CC12CC3CC(C)(C1)CC(C)(C3)C2.CC12CC3CC(C1)CC(C)(C3)C2.CC12CC3CC(C1)CC(C)(C3)C2.CC12CC3CC(CC(C3)C1)C2.CC12CCC(CC1)C2.CC12CCC(CC1)CC2.CC1C2CC3CC(C2)CC1C3.C[C@@H]1C2CC3C4CC5CC3C1[C@H](C5)C4C2.C[C@@H]1CC2CCC1C2.C[C@H]1CC2CCC1CC2. The Balaban J connectivity index is 0.0000000798. The van der Waals surface area contributed by atoms with Gasteiger partial charge in [-0.3, -0.25) is 0 Å². The molecule has 774 valence electrons. The van der Waals surface area contributed by atoms with E-state index in [-0.39, 0.29) is 0 Å². The van der Waals surface area contributed by atoms with Gasteiger partial charge in [0.1, 0.15) is 0 Å². The molecule has 48 bridgehead atoms. The van der Waals surface area contributed by atoms with E-state index in [1.165, 1.54) is 237 Å². The molecule has 48 rings (SSSR count). The van der Waals surface area contributed by atoms with Crippen LogP contribution in [0.25, 0.3) is 0 Å². The maximum atomic E-state index is 2.61. The van der Waals surface area contributed by atoms with Crippen molar-refractivity contribution in [1.29, 1.82) is 0 Å². The first-order chi connectivity index (χ1) is 64.7. The lowest BCUT2D eigenvalue weighted by Gasteiger charge is -2.72. The van der Waals surface area contributed by atoms with E-state index in [4.69, 9.17) is 0 Å². The third kappa shape index (κ3) is 19.2. The van der Waals surface area contributed by atoms with Crippen molar-refractivity contribution in [2.75, 3.05) is 0 Å². The van der Waals surface area contributed by atoms with Gasteiger partial charge in [0.2, 0.25) is 0 Å². The summed E-state index contributed by atoms with van der Waals surface area (Å²) in [6, 6.07) is 0. The molecule has 0 aromatic carbocycles. The van der Waals surface area contributed by atoms with Gasteiger partial charge in [-0.15, -0.1) is 0 Å². The molecule has 0 aromatic rings. The van der Waals surface area contributed by atoms with Crippen molar-refractivity contribution in [2.24, 2.45) is 300 Å². The van der Waals surface area contributed by atoms with Crippen molar-refractivity contribution in [1.82, 2.24) is 0 Å². The molecule has 48 aliphatic rings. The van der Waals surface area contributed by atoms with Crippen LogP contribution in [0.4, 0.5) is 0 Å². The van der Waals surface area contributed by atoms with Gasteiger partial charge in [-0.25, -0.2) is 0 Å². The van der Waals surface area contributed by atoms with E-state index in [2.05, 4.69) is 132 Å². The molecule has 13 atom stereocenters. The summed E-state index contributed by atoms with van der Waals surface area (Å²) in [6.07, 6.45) is 103. The fourth-order valence-corrected chi connectivity index (χ4v) is 56.9. The molecule has 0 amide bonds. The van der Waals surface area contributed by atoms with Crippen LogP contribution in [0.3, 0.4) is 0 Å². The Kier molecular flexibility index (Phi) is 24.8. The van der Waals surface area contributed by atoms with Crippen LogP contribution in [0.1, 0.15) is 555 Å². The van der Waals surface area contributed by atoms with Crippen molar-refractivity contribution >= 4 is 0 Å². The van der Waals surface area contributed by atoms with Crippen LogP contribution in [0.15, 0.2) is 0 Å². The summed E-state index contributed by atoms with van der Waals surface area (Å²) in [4.78, 5) is 0. The minimum atomic E-state index is 0.688. The standard InChI is InChI=1S/2C15H22.C14H24.C13H22.2C12H20.2C11H18.2C9H16.2C8H14/c1-15-5-12-9-2-8-3-10(12)14(7-15)11(4-8)13(9)6-15;1-7-9-5-11-10-2-8-3-13(11)15(7)14(4-8)12(10)6-9;1-11-5-12(2)8-13(3,6-11)10-14(4,7-11)9-12;1-11-4-10-5-12(2,7-11)9-13(3,6-10)8-11;2*1-11-4-9-3-10(5-11)7-12(2,6-9)8-11;1-11-5-8-2-9(6-11)4-10(3-8)7-11;1-7-10-3-8-2-9(5-10)6-11(7)4-8;1-9-5-2-8(3-6-9)4-7-9;1-7-6-8-2-4-9(7)5-3-8;1-8-4-2-7(6-8)3-5-8;1-6-4-7-2-3-8(6)5-7/h8-14H,2-7H2,1H3;7-15H,2-6H2,1H3;5-10H2,1-4H3;10H,4-9H2,1-3H3;2*9-10H,3-8H2,1-2H3;8-10H,2-7H2,1H3;7-11H,2-6H2,1H3;8H,2-7H2,1H3;7-9H,2-6H2,1H3;7H,2-6H2,1H3;6-8H,2-5H2,1H3/t;7-,8?,9?,10?,11?,12?,13-,14?,15?;;;;;;;;7-,8?,9?;;6-,7?,8?/m.1.......0.1/s1. The lowest BCUT2D eigenvalue weighted by Crippen LogP contribution is -2.64. The van der Waals surface area contributed by atoms with Crippen LogP contribution in [0, 0.1) is 300 Å². The number of hydrogen-bond acceptors (Lipinski definition) is 0. The van der Waals surface area contributed by atoms with Crippen molar-refractivity contribution < 1.29 is 0 Å². The van der Waals surface area contributed by atoms with Gasteiger partial charge in [-0.1, -0.05) is 151 Å². The molecule has 0 heteroatoms. The van der Waals surface area contributed by atoms with Crippen molar-refractivity contribution in [2.45, 2.75) is 555 Å². The first kappa shape index (κ1) is 97.8. The molecule has 48 fully saturated rings. The summed E-state index contributed by atoms with van der Waals surface area (Å²) in [7, 11) is 0. The normalized spacial score (nSPS) is 62.2. The van der Waals surface area contributed by atoms with E-state index in [1.807, 2.05) is 0 Å². The highest BCUT2D eigenvalue weighted by atomic mass is 14.7. The third-order valence-corrected chi connectivity index (χ3v) is 56.2. The first-order valence-electron chi connectivity index (χ1n) is 64.7. The van der Waals surface area contributed by atoms with Crippen LogP contribution in [0.2, 0.25) is 0 Å². The number of hydrogen-bond donors (Lipinski definition) is 0. The van der Waals surface area contributed by atoms with Crippen LogP contribution < -0.4 is 0 Å². The monoisotopic (exact) mass is 1870 g/mol. The third-order valence-electron chi connectivity index (χ3n) is 56.2. The van der Waals surface area contributed by atoms with Crippen molar-refractivity contribution in [3.8, 4) is 0 Å². The lowest BCUT2D eigenvalue weighted by molar-refractivity contribution is -0.228. The van der Waals surface area contributed by atoms with Gasteiger partial charge >= 0.3 is 0 Å². The fraction of sp³-hybridized carbons (Fsp3) is 1.00. The highest BCUT2D eigenvalue weighted by molar-refractivity contribution is 5.19. The molecule has 48 saturated carbocycles. The minimum absolute atomic E-state index is 0.688. The fourth-order valence-electron chi connectivity index (χ4n) is 56.9. The average Bonchev–Trinajstić information content (AvgIpc) is 0.821. The Morgan fingerprint density at radius 1 is 0.131 bits per heavy atom. The van der Waals surface area contributed by atoms with Gasteiger partial charge in [-0.05, 0) is 705 Å². The topological polar surface area (TPSA) is 0 Å². The maximum Gasteiger partial charge on any atom is -0.0310 e. The van der Waals surface area contributed by atoms with Crippen molar-refractivity contribution in [3.05, 3.63) is 0 Å². The summed E-state index contributed by atoms with van der Waals surface area (Å²) in [5, 5.41) is 0. The van der Waals surface area contributed by atoms with Crippen LogP contribution in [0.5, 0.6) is 0 Å². The molecule has 0 spiro atoms. The predicted molar refractivity (Wildman–Crippen MR) is 578 cm³/mol. The second kappa shape index (κ2) is 34.8. The second-order valence-electron chi connectivity index (χ2n) is 71.4. The first-order valence-corrected chi connectivity index (χ1v) is 64.7. The molecular weight excluding hydrogens is 1650 g/mol. The molecule has 9 unspecified atom stereocenters. The highest BCUT2D eigenvalue weighted by Gasteiger charge is 2.70. The highest BCUT2D eigenvalue weighted by Crippen LogP contribution is 2.79. The van der Waals surface area contributed by atoms with Crippen LogP contribution >= 0.6 is 0 Å². The number of fused-ring (bicyclic) bond motifs is 10. The lowest BCUT2D eigenvalue weighted by atomic mass is 9.33. The quantitative estimate of drug-likeness (QED) is 0.227. The summed E-state index contributed by atoms with van der Waals surface area (Å²) in [5.74, 6) is 42.7. The molecule has 0 N–H and O–H groups in total. The van der Waals surface area contributed by atoms with Crippen LogP contribution in [-0.2, 0) is 0 Å². The molecule has 0 heterocycles. The zero-order chi connectivity index (χ0) is 94.5. The zero-order valence-electron chi connectivity index (χ0n) is 94.5. The second-order valence-corrected chi connectivity index (χ2v) is 71.4. The Morgan fingerprint density at radius 3 is 0.672 bits per heavy atom. The Morgan fingerprint density at radius 2 is 0.394 bits per heavy atom. The van der Waals surface area contributed by atoms with E-state index < -0.39 is 0 Å². The van der Waals surface area contributed by atoms with E-state index >= 15 is 0 Å². The smallest absolute Gasteiger partial charge is 0.0310 e. The van der Waals surface area contributed by atoms with E-state index in [0.717, 1.165) is 196 Å². The van der Waals surface area contributed by atoms with E-state index in [9.17, 15) is 0 Å². The van der Waals surface area contributed by atoms with Gasteiger partial charge in [-0.2, -0.15) is 0 Å². The molecule has 0 aliphatic heterocycles. The van der Waals surface area contributed by atoms with Gasteiger partial charge in [0, 0.05) is 0 Å². The summed E-state index contributed by atoms with van der Waals surface area (Å²) < 4.78 is 0. The molecule has 0 saturated heterocycles. The average molecular weight is 1870 g/mol. The summed E-state index contributed by atoms with van der Waals surface area (Å²) in [6.45, 7) is 48.1. The molecule has 137 heavy (non-hydrogen) atoms. The van der Waals surface area contributed by atoms with Gasteiger partial charge in [0.15, 0.2) is 0 Å². The van der Waals surface area contributed by atoms with Crippen LogP contribution in [-0.4, -0.2) is 0 Å². The molecule has 0 nitrogen and oxygen atoms in total. The Hall–Kier alpha value is 0. The zero-order valence-corrected chi connectivity index (χ0v) is 94.5. The Bertz CT molecular complexity index is 3820. The van der Waals surface area contributed by atoms with E-state index in [0.29, 0.717) is 21.7 Å². The number of rotatable bonds is 0.